The standard InChI is InChI=1S/C18H21N3O2S/c1-11(2)8-15(17(23)20-18-19-6-7-24-18)21-14-5-4-12(3)9-13(14)10-16(21)22/h4-7,9,11,15H,8,10H2,1-3H3,(H,19,20,23). The van der Waals surface area contributed by atoms with E-state index in [-0.39, 0.29) is 11.8 Å². The molecule has 5 nitrogen and oxygen atoms in total. The molecule has 0 saturated carbocycles. The number of thiazole rings is 1. The first-order chi connectivity index (χ1) is 11.5. The summed E-state index contributed by atoms with van der Waals surface area (Å²) in [6.45, 7) is 6.12. The second-order valence-corrected chi connectivity index (χ2v) is 7.44. The molecule has 1 atom stereocenters. The molecule has 1 aliphatic rings. The SMILES string of the molecule is Cc1ccc2c(c1)CC(=O)N2C(CC(C)C)C(=O)Nc1nccs1. The number of nitrogens with zero attached hydrogens (tertiary/aromatic N) is 2. The van der Waals surface area contributed by atoms with Crippen molar-refractivity contribution >= 4 is 34.0 Å². The Labute approximate surface area is 145 Å². The van der Waals surface area contributed by atoms with Crippen LogP contribution in [0.3, 0.4) is 0 Å². The average molecular weight is 343 g/mol. The van der Waals surface area contributed by atoms with Gasteiger partial charge in [-0.25, -0.2) is 4.98 Å². The molecule has 0 aliphatic carbocycles. The Morgan fingerprint density at radius 1 is 1.42 bits per heavy atom. The molecular weight excluding hydrogens is 322 g/mol. The number of hydrogen-bond acceptors (Lipinski definition) is 4. The second kappa shape index (κ2) is 6.73. The highest BCUT2D eigenvalue weighted by Crippen LogP contribution is 2.33. The number of aryl methyl sites for hydroxylation is 1. The Balaban J connectivity index is 1.91. The summed E-state index contributed by atoms with van der Waals surface area (Å²) >= 11 is 1.37. The fourth-order valence-electron chi connectivity index (χ4n) is 3.07. The number of aromatic nitrogens is 1. The number of carbonyl (C=O) groups excluding carboxylic acids is 2. The van der Waals surface area contributed by atoms with Crippen molar-refractivity contribution in [1.29, 1.82) is 0 Å². The molecule has 1 aliphatic heterocycles. The van der Waals surface area contributed by atoms with E-state index in [9.17, 15) is 9.59 Å². The predicted octanol–water partition coefficient (Wildman–Crippen LogP) is 3.39. The lowest BCUT2D eigenvalue weighted by molar-refractivity contribution is -0.123. The van der Waals surface area contributed by atoms with Crippen molar-refractivity contribution in [3.8, 4) is 0 Å². The second-order valence-electron chi connectivity index (χ2n) is 6.54. The number of carbonyl (C=O) groups is 2. The van der Waals surface area contributed by atoms with E-state index in [1.165, 1.54) is 11.3 Å². The van der Waals surface area contributed by atoms with Crippen LogP contribution in [0.25, 0.3) is 0 Å². The van der Waals surface area contributed by atoms with Crippen molar-refractivity contribution in [3.63, 3.8) is 0 Å². The van der Waals surface area contributed by atoms with Crippen LogP contribution in [0.4, 0.5) is 10.8 Å². The van der Waals surface area contributed by atoms with Gasteiger partial charge < -0.3 is 5.32 Å². The van der Waals surface area contributed by atoms with Gasteiger partial charge in [0, 0.05) is 17.3 Å². The first-order valence-corrected chi connectivity index (χ1v) is 8.95. The van der Waals surface area contributed by atoms with E-state index >= 15 is 0 Å². The van der Waals surface area contributed by atoms with Gasteiger partial charge in [0.2, 0.25) is 11.8 Å². The van der Waals surface area contributed by atoms with Gasteiger partial charge in [-0.3, -0.25) is 14.5 Å². The number of nitrogens with one attached hydrogen (secondary N) is 1. The molecule has 1 N–H and O–H groups in total. The fourth-order valence-corrected chi connectivity index (χ4v) is 3.60. The molecular formula is C18H21N3O2S. The summed E-state index contributed by atoms with van der Waals surface area (Å²) in [4.78, 5) is 31.2. The molecule has 2 aromatic rings. The zero-order chi connectivity index (χ0) is 17.3. The molecule has 0 radical (unpaired) electrons. The van der Waals surface area contributed by atoms with Crippen LogP contribution in [0.2, 0.25) is 0 Å². The maximum Gasteiger partial charge on any atom is 0.249 e. The topological polar surface area (TPSA) is 62.3 Å². The van der Waals surface area contributed by atoms with Crippen molar-refractivity contribution in [2.24, 2.45) is 5.92 Å². The van der Waals surface area contributed by atoms with Gasteiger partial charge in [-0.05, 0) is 30.9 Å². The van der Waals surface area contributed by atoms with Gasteiger partial charge in [0.1, 0.15) is 6.04 Å². The van der Waals surface area contributed by atoms with Gasteiger partial charge in [0.15, 0.2) is 5.13 Å². The van der Waals surface area contributed by atoms with Crippen molar-refractivity contribution < 1.29 is 9.59 Å². The third-order valence-corrected chi connectivity index (χ3v) is 4.76. The van der Waals surface area contributed by atoms with Gasteiger partial charge in [-0.15, -0.1) is 11.3 Å². The molecule has 0 spiro atoms. The Hall–Kier alpha value is -2.21. The lowest BCUT2D eigenvalue weighted by Gasteiger charge is -2.28. The van der Waals surface area contributed by atoms with Crippen LogP contribution in [0.1, 0.15) is 31.4 Å². The molecule has 126 valence electrons. The summed E-state index contributed by atoms with van der Waals surface area (Å²) < 4.78 is 0. The fraction of sp³-hybridized carbons (Fsp3) is 0.389. The van der Waals surface area contributed by atoms with Crippen LogP contribution < -0.4 is 10.2 Å². The molecule has 3 rings (SSSR count). The average Bonchev–Trinajstić information content (AvgIpc) is 3.11. The number of hydrogen-bond donors (Lipinski definition) is 1. The van der Waals surface area contributed by atoms with Crippen molar-refractivity contribution in [3.05, 3.63) is 40.9 Å². The van der Waals surface area contributed by atoms with Gasteiger partial charge in [0.25, 0.3) is 0 Å². The van der Waals surface area contributed by atoms with Crippen LogP contribution in [0.15, 0.2) is 29.8 Å². The zero-order valence-corrected chi connectivity index (χ0v) is 14.9. The summed E-state index contributed by atoms with van der Waals surface area (Å²) in [5.74, 6) is 0.0929. The molecule has 24 heavy (non-hydrogen) atoms. The van der Waals surface area contributed by atoms with Crippen LogP contribution in [-0.4, -0.2) is 22.8 Å². The molecule has 6 heteroatoms. The van der Waals surface area contributed by atoms with Crippen molar-refractivity contribution in [2.45, 2.75) is 39.7 Å². The Bertz CT molecular complexity index is 756. The van der Waals surface area contributed by atoms with Gasteiger partial charge in [-0.1, -0.05) is 31.5 Å². The largest absolute Gasteiger partial charge is 0.300 e. The highest BCUT2D eigenvalue weighted by molar-refractivity contribution is 7.13. The molecule has 1 unspecified atom stereocenters. The minimum atomic E-state index is -0.523. The molecule has 0 fully saturated rings. The maximum atomic E-state index is 12.8. The number of benzene rings is 1. The minimum absolute atomic E-state index is 0.0180. The van der Waals surface area contributed by atoms with Crippen LogP contribution in [0, 0.1) is 12.8 Å². The maximum absolute atomic E-state index is 12.8. The van der Waals surface area contributed by atoms with E-state index in [0.29, 0.717) is 23.9 Å². The van der Waals surface area contributed by atoms with E-state index < -0.39 is 6.04 Å². The highest BCUT2D eigenvalue weighted by atomic mass is 32.1. The lowest BCUT2D eigenvalue weighted by atomic mass is 10.0. The Kier molecular flexibility index (Phi) is 4.66. The highest BCUT2D eigenvalue weighted by Gasteiger charge is 2.37. The van der Waals surface area contributed by atoms with E-state index in [1.54, 1.807) is 11.1 Å². The normalized spacial score (nSPS) is 14.8. The van der Waals surface area contributed by atoms with E-state index in [4.69, 9.17) is 0 Å². The monoisotopic (exact) mass is 343 g/mol. The molecule has 1 aromatic heterocycles. The molecule has 2 amide bonds. The molecule has 1 aromatic carbocycles. The lowest BCUT2D eigenvalue weighted by Crippen LogP contribution is -2.46. The summed E-state index contributed by atoms with van der Waals surface area (Å²) in [7, 11) is 0. The Morgan fingerprint density at radius 3 is 2.88 bits per heavy atom. The van der Waals surface area contributed by atoms with Gasteiger partial charge >= 0.3 is 0 Å². The molecule has 0 bridgehead atoms. The number of rotatable bonds is 5. The number of anilines is 2. The van der Waals surface area contributed by atoms with E-state index in [2.05, 4.69) is 24.1 Å². The van der Waals surface area contributed by atoms with E-state index in [1.807, 2.05) is 30.5 Å². The van der Waals surface area contributed by atoms with Crippen molar-refractivity contribution in [1.82, 2.24) is 4.98 Å². The quantitative estimate of drug-likeness (QED) is 0.905. The first kappa shape index (κ1) is 16.6. The predicted molar refractivity (Wildman–Crippen MR) is 96.4 cm³/mol. The van der Waals surface area contributed by atoms with Crippen molar-refractivity contribution in [2.75, 3.05) is 10.2 Å². The number of amides is 2. The van der Waals surface area contributed by atoms with Crippen LogP contribution >= 0.6 is 11.3 Å². The summed E-state index contributed by atoms with van der Waals surface area (Å²) in [5.41, 5.74) is 2.97. The molecule has 0 saturated heterocycles. The summed E-state index contributed by atoms with van der Waals surface area (Å²) in [6, 6.07) is 5.43. The van der Waals surface area contributed by atoms with Crippen LogP contribution in [0.5, 0.6) is 0 Å². The van der Waals surface area contributed by atoms with Gasteiger partial charge in [0.05, 0.1) is 6.42 Å². The Morgan fingerprint density at radius 2 is 2.21 bits per heavy atom. The van der Waals surface area contributed by atoms with Crippen LogP contribution in [-0.2, 0) is 16.0 Å². The molecule has 2 heterocycles. The third-order valence-electron chi connectivity index (χ3n) is 4.08. The minimum Gasteiger partial charge on any atom is -0.300 e. The third kappa shape index (κ3) is 3.33. The summed E-state index contributed by atoms with van der Waals surface area (Å²) in [6.07, 6.45) is 2.61. The smallest absolute Gasteiger partial charge is 0.249 e. The first-order valence-electron chi connectivity index (χ1n) is 8.07. The number of fused-ring (bicyclic) bond motifs is 1. The van der Waals surface area contributed by atoms with Gasteiger partial charge in [-0.2, -0.15) is 0 Å². The summed E-state index contributed by atoms with van der Waals surface area (Å²) in [5, 5.41) is 5.21. The zero-order valence-electron chi connectivity index (χ0n) is 14.1. The van der Waals surface area contributed by atoms with E-state index in [0.717, 1.165) is 16.8 Å².